The normalized spacial score (nSPS) is 12.7. The van der Waals surface area contributed by atoms with Crippen molar-refractivity contribution in [3.8, 4) is 5.75 Å². The van der Waals surface area contributed by atoms with Crippen LogP contribution in [-0.4, -0.2) is 16.9 Å². The molecule has 3 rings (SSSR count). The summed E-state index contributed by atoms with van der Waals surface area (Å²) >= 11 is 5.79. The van der Waals surface area contributed by atoms with E-state index in [1.807, 2.05) is 0 Å². The molecule has 2 aromatic rings. The van der Waals surface area contributed by atoms with E-state index in [-0.39, 0.29) is 29.0 Å². The Kier molecular flexibility index (Phi) is 3.27. The molecule has 6 heteroatoms. The molecule has 2 aromatic carbocycles. The summed E-state index contributed by atoms with van der Waals surface area (Å²) in [6.45, 7) is 0. The molecule has 1 aliphatic rings. The smallest absolute Gasteiger partial charge is 0.255 e. The van der Waals surface area contributed by atoms with Crippen molar-refractivity contribution in [3.63, 3.8) is 0 Å². The molecule has 21 heavy (non-hydrogen) atoms. The fourth-order valence-corrected chi connectivity index (χ4v) is 2.34. The first kappa shape index (κ1) is 13.5. The summed E-state index contributed by atoms with van der Waals surface area (Å²) in [6, 6.07) is 9.46. The highest BCUT2D eigenvalue weighted by Gasteiger charge is 2.19. The molecule has 5 nitrogen and oxygen atoms in total. The van der Waals surface area contributed by atoms with Crippen molar-refractivity contribution in [2.45, 2.75) is 6.42 Å². The summed E-state index contributed by atoms with van der Waals surface area (Å²) in [6.07, 6.45) is 0.279. The van der Waals surface area contributed by atoms with E-state index in [9.17, 15) is 14.7 Å². The third kappa shape index (κ3) is 2.68. The molecule has 0 unspecified atom stereocenters. The molecule has 2 amide bonds. The lowest BCUT2D eigenvalue weighted by molar-refractivity contribution is -0.115. The molecule has 106 valence electrons. The maximum atomic E-state index is 12.2. The van der Waals surface area contributed by atoms with Gasteiger partial charge < -0.3 is 15.7 Å². The minimum absolute atomic E-state index is 0.0446. The molecule has 0 radical (unpaired) electrons. The van der Waals surface area contributed by atoms with E-state index in [1.54, 1.807) is 24.3 Å². The molecule has 0 saturated heterocycles. The monoisotopic (exact) mass is 302 g/mol. The highest BCUT2D eigenvalue weighted by atomic mass is 35.5. The van der Waals surface area contributed by atoms with Gasteiger partial charge in [-0.15, -0.1) is 0 Å². The van der Waals surface area contributed by atoms with E-state index in [1.165, 1.54) is 12.1 Å². The first-order valence-corrected chi connectivity index (χ1v) is 6.63. The Bertz CT molecular complexity index is 759. The van der Waals surface area contributed by atoms with E-state index >= 15 is 0 Å². The predicted octanol–water partition coefficient (Wildman–Crippen LogP) is 2.79. The molecular formula is C15H11ClN2O3. The zero-order valence-corrected chi connectivity index (χ0v) is 11.6. The third-order valence-corrected chi connectivity index (χ3v) is 3.50. The van der Waals surface area contributed by atoms with Gasteiger partial charge in [-0.05, 0) is 42.0 Å². The van der Waals surface area contributed by atoms with E-state index in [4.69, 9.17) is 11.6 Å². The van der Waals surface area contributed by atoms with Gasteiger partial charge in [0.25, 0.3) is 5.91 Å². The number of phenolic OH excluding ortho intramolecular Hbond substituents is 1. The van der Waals surface area contributed by atoms with Gasteiger partial charge in [0, 0.05) is 16.9 Å². The molecule has 0 bridgehead atoms. The van der Waals surface area contributed by atoms with Gasteiger partial charge in [-0.2, -0.15) is 0 Å². The fraction of sp³-hybridized carbons (Fsp3) is 0.0667. The summed E-state index contributed by atoms with van der Waals surface area (Å²) in [4.78, 5) is 23.5. The highest BCUT2D eigenvalue weighted by Crippen LogP contribution is 2.27. The number of halogens is 1. The van der Waals surface area contributed by atoms with Gasteiger partial charge in [0.2, 0.25) is 5.91 Å². The molecule has 0 saturated carbocycles. The largest absolute Gasteiger partial charge is 0.506 e. The van der Waals surface area contributed by atoms with Crippen LogP contribution in [0.15, 0.2) is 36.4 Å². The Balaban J connectivity index is 1.81. The number of carbonyl (C=O) groups is 2. The Labute approximate surface area is 125 Å². The predicted molar refractivity (Wildman–Crippen MR) is 79.8 cm³/mol. The van der Waals surface area contributed by atoms with Crippen LogP contribution in [0.2, 0.25) is 5.02 Å². The van der Waals surface area contributed by atoms with Crippen LogP contribution in [0.1, 0.15) is 15.9 Å². The second-order valence-electron chi connectivity index (χ2n) is 4.72. The van der Waals surface area contributed by atoms with Gasteiger partial charge >= 0.3 is 0 Å². The van der Waals surface area contributed by atoms with E-state index in [0.29, 0.717) is 11.3 Å². The van der Waals surface area contributed by atoms with Gasteiger partial charge in [0.15, 0.2) is 0 Å². The maximum absolute atomic E-state index is 12.2. The quantitative estimate of drug-likeness (QED) is 0.746. The van der Waals surface area contributed by atoms with Crippen molar-refractivity contribution in [2.75, 3.05) is 10.6 Å². The fourth-order valence-electron chi connectivity index (χ4n) is 2.16. The van der Waals surface area contributed by atoms with Crippen LogP contribution in [0.4, 0.5) is 11.4 Å². The van der Waals surface area contributed by atoms with Gasteiger partial charge in [-0.3, -0.25) is 9.59 Å². The average Bonchev–Trinajstić information content (AvgIpc) is 2.82. The van der Waals surface area contributed by atoms with Crippen LogP contribution in [0, 0.1) is 0 Å². The van der Waals surface area contributed by atoms with Crippen LogP contribution in [0.5, 0.6) is 5.75 Å². The lowest BCUT2D eigenvalue weighted by Gasteiger charge is -2.07. The van der Waals surface area contributed by atoms with Crippen molar-refractivity contribution in [2.24, 2.45) is 0 Å². The second-order valence-corrected chi connectivity index (χ2v) is 5.12. The van der Waals surface area contributed by atoms with Gasteiger partial charge in [0.1, 0.15) is 5.75 Å². The summed E-state index contributed by atoms with van der Waals surface area (Å²) in [5, 5.41) is 14.9. The standard InChI is InChI=1S/C15H11ClN2O3/c16-11-7-10(2-4-13(11)19)17-15(21)8-1-3-12-9(5-8)6-14(20)18-12/h1-5,7,19H,6H2,(H,17,21)(H,18,20). The molecule has 3 N–H and O–H groups in total. The first-order valence-electron chi connectivity index (χ1n) is 6.25. The number of fused-ring (bicyclic) bond motifs is 1. The number of aromatic hydroxyl groups is 1. The number of amides is 2. The topological polar surface area (TPSA) is 78.4 Å². The molecule has 1 aliphatic heterocycles. The summed E-state index contributed by atoms with van der Waals surface area (Å²) in [5.74, 6) is -0.427. The molecule has 1 heterocycles. The Morgan fingerprint density at radius 1 is 1.24 bits per heavy atom. The van der Waals surface area contributed by atoms with Gasteiger partial charge in [-0.1, -0.05) is 11.6 Å². The maximum Gasteiger partial charge on any atom is 0.255 e. The third-order valence-electron chi connectivity index (χ3n) is 3.20. The van der Waals surface area contributed by atoms with Crippen LogP contribution >= 0.6 is 11.6 Å². The minimum atomic E-state index is -0.307. The van der Waals surface area contributed by atoms with Crippen molar-refractivity contribution in [1.82, 2.24) is 0 Å². The summed E-state index contributed by atoms with van der Waals surface area (Å²) in [7, 11) is 0. The second kappa shape index (κ2) is 5.10. The first-order chi connectivity index (χ1) is 10.0. The van der Waals surface area contributed by atoms with Crippen molar-refractivity contribution < 1.29 is 14.7 Å². The van der Waals surface area contributed by atoms with Crippen molar-refractivity contribution in [3.05, 3.63) is 52.5 Å². The van der Waals surface area contributed by atoms with Crippen molar-refractivity contribution >= 4 is 34.8 Å². The van der Waals surface area contributed by atoms with Crippen LogP contribution in [0.3, 0.4) is 0 Å². The Morgan fingerprint density at radius 3 is 2.81 bits per heavy atom. The number of rotatable bonds is 2. The average molecular weight is 303 g/mol. The molecule has 0 aliphatic carbocycles. The molecule has 0 atom stereocenters. The number of anilines is 2. The van der Waals surface area contributed by atoms with Crippen LogP contribution < -0.4 is 10.6 Å². The van der Waals surface area contributed by atoms with E-state index in [0.717, 1.165) is 11.3 Å². The van der Waals surface area contributed by atoms with Gasteiger partial charge in [0.05, 0.1) is 11.4 Å². The van der Waals surface area contributed by atoms with E-state index < -0.39 is 0 Å². The molecule has 0 aromatic heterocycles. The number of carbonyl (C=O) groups excluding carboxylic acids is 2. The number of phenols is 1. The molecule has 0 fully saturated rings. The van der Waals surface area contributed by atoms with Gasteiger partial charge in [-0.25, -0.2) is 0 Å². The minimum Gasteiger partial charge on any atom is -0.506 e. The SMILES string of the molecule is O=C1Cc2cc(C(=O)Nc3ccc(O)c(Cl)c3)ccc2N1. The molecule has 0 spiro atoms. The molecular weight excluding hydrogens is 292 g/mol. The summed E-state index contributed by atoms with van der Waals surface area (Å²) < 4.78 is 0. The van der Waals surface area contributed by atoms with Crippen LogP contribution in [0.25, 0.3) is 0 Å². The zero-order valence-electron chi connectivity index (χ0n) is 10.8. The van der Waals surface area contributed by atoms with E-state index in [2.05, 4.69) is 10.6 Å². The van der Waals surface area contributed by atoms with Crippen molar-refractivity contribution in [1.29, 1.82) is 0 Å². The number of hydrogen-bond donors (Lipinski definition) is 3. The van der Waals surface area contributed by atoms with Crippen LogP contribution in [-0.2, 0) is 11.2 Å². The number of hydrogen-bond acceptors (Lipinski definition) is 3. The number of nitrogens with one attached hydrogen (secondary N) is 2. The lowest BCUT2D eigenvalue weighted by Crippen LogP contribution is -2.12. The highest BCUT2D eigenvalue weighted by molar-refractivity contribution is 6.32. The summed E-state index contributed by atoms with van der Waals surface area (Å²) in [5.41, 5.74) is 2.48. The Hall–Kier alpha value is -2.53. The number of benzene rings is 2. The Morgan fingerprint density at radius 2 is 2.05 bits per heavy atom. The lowest BCUT2D eigenvalue weighted by atomic mass is 10.1. The zero-order chi connectivity index (χ0) is 15.0.